The van der Waals surface area contributed by atoms with E-state index in [1.54, 1.807) is 11.3 Å². The van der Waals surface area contributed by atoms with Gasteiger partial charge in [-0.3, -0.25) is 4.90 Å². The van der Waals surface area contributed by atoms with Crippen LogP contribution in [0.15, 0.2) is 28.1 Å². The van der Waals surface area contributed by atoms with Crippen molar-refractivity contribution in [1.82, 2.24) is 10.1 Å². The van der Waals surface area contributed by atoms with Crippen LogP contribution in [0.4, 0.5) is 0 Å². The predicted octanol–water partition coefficient (Wildman–Crippen LogP) is 1.95. The normalized spacial score (nSPS) is 22.0. The number of nitrogens with zero attached hydrogens (tertiary/aromatic N) is 2. The first-order valence-corrected chi connectivity index (χ1v) is 7.69. The molecule has 2 unspecified atom stereocenters. The van der Waals surface area contributed by atoms with E-state index in [4.69, 9.17) is 15.0 Å². The fourth-order valence-corrected chi connectivity index (χ4v) is 3.02. The quantitative estimate of drug-likeness (QED) is 0.933. The van der Waals surface area contributed by atoms with Gasteiger partial charge in [-0.05, 0) is 18.4 Å². The summed E-state index contributed by atoms with van der Waals surface area (Å²) in [5.41, 5.74) is 6.86. The first kappa shape index (κ1) is 13.8. The van der Waals surface area contributed by atoms with Gasteiger partial charge in [0.1, 0.15) is 0 Å². The Balaban J connectivity index is 1.63. The molecule has 0 bridgehead atoms. The molecular weight excluding hydrogens is 274 g/mol. The van der Waals surface area contributed by atoms with Crippen LogP contribution in [-0.2, 0) is 11.3 Å². The van der Waals surface area contributed by atoms with Crippen LogP contribution in [0, 0.1) is 0 Å². The Hall–Kier alpha value is -1.21. The van der Waals surface area contributed by atoms with Gasteiger partial charge in [0, 0.05) is 31.7 Å². The maximum Gasteiger partial charge on any atom is 0.177 e. The smallest absolute Gasteiger partial charge is 0.177 e. The van der Waals surface area contributed by atoms with E-state index in [-0.39, 0.29) is 12.1 Å². The van der Waals surface area contributed by atoms with Gasteiger partial charge in [-0.1, -0.05) is 11.2 Å². The molecule has 0 radical (unpaired) electrons. The Morgan fingerprint density at radius 3 is 3.25 bits per heavy atom. The molecule has 1 aliphatic heterocycles. The molecule has 3 heterocycles. The van der Waals surface area contributed by atoms with Crippen LogP contribution in [0.1, 0.15) is 12.6 Å². The molecule has 1 fully saturated rings. The Bertz CT molecular complexity index is 538. The van der Waals surface area contributed by atoms with Gasteiger partial charge in [0.15, 0.2) is 5.76 Å². The molecule has 2 atom stereocenters. The monoisotopic (exact) mass is 293 g/mol. The van der Waals surface area contributed by atoms with Crippen LogP contribution in [0.25, 0.3) is 10.6 Å². The largest absolute Gasteiger partial charge is 0.374 e. The number of aromatic nitrogens is 1. The molecule has 0 spiro atoms. The molecule has 0 amide bonds. The summed E-state index contributed by atoms with van der Waals surface area (Å²) in [6.45, 7) is 5.24. The second-order valence-electron chi connectivity index (χ2n) is 5.16. The van der Waals surface area contributed by atoms with Crippen molar-refractivity contribution in [2.24, 2.45) is 5.73 Å². The summed E-state index contributed by atoms with van der Waals surface area (Å²) >= 11 is 1.66. The average Bonchev–Trinajstić information content (AvgIpc) is 3.09. The van der Waals surface area contributed by atoms with Gasteiger partial charge in [0.05, 0.1) is 23.3 Å². The van der Waals surface area contributed by atoms with Crippen molar-refractivity contribution in [2.45, 2.75) is 25.6 Å². The highest BCUT2D eigenvalue weighted by atomic mass is 32.1. The lowest BCUT2D eigenvalue weighted by molar-refractivity contribution is -0.0408. The minimum atomic E-state index is 0.0526. The van der Waals surface area contributed by atoms with E-state index in [1.807, 2.05) is 30.5 Å². The van der Waals surface area contributed by atoms with Crippen molar-refractivity contribution in [3.05, 3.63) is 29.3 Å². The van der Waals surface area contributed by atoms with E-state index in [0.29, 0.717) is 0 Å². The van der Waals surface area contributed by atoms with Crippen LogP contribution < -0.4 is 5.73 Å². The summed E-state index contributed by atoms with van der Waals surface area (Å²) in [6.07, 6.45) is 0.104. The zero-order valence-corrected chi connectivity index (χ0v) is 12.3. The molecule has 2 aromatic heterocycles. The van der Waals surface area contributed by atoms with Crippen molar-refractivity contribution < 1.29 is 9.26 Å². The third-order valence-electron chi connectivity index (χ3n) is 3.47. The zero-order chi connectivity index (χ0) is 13.9. The van der Waals surface area contributed by atoms with Crippen molar-refractivity contribution in [3.8, 4) is 10.6 Å². The Morgan fingerprint density at radius 1 is 1.60 bits per heavy atom. The molecule has 108 valence electrons. The number of hydrogen-bond acceptors (Lipinski definition) is 6. The summed E-state index contributed by atoms with van der Waals surface area (Å²) in [4.78, 5) is 3.42. The fourth-order valence-electron chi connectivity index (χ4n) is 2.34. The summed E-state index contributed by atoms with van der Waals surface area (Å²) < 4.78 is 11.1. The third-order valence-corrected chi connectivity index (χ3v) is 4.36. The van der Waals surface area contributed by atoms with Crippen LogP contribution in [0.3, 0.4) is 0 Å². The minimum Gasteiger partial charge on any atom is -0.374 e. The van der Waals surface area contributed by atoms with Crippen molar-refractivity contribution in [3.63, 3.8) is 0 Å². The van der Waals surface area contributed by atoms with Gasteiger partial charge in [-0.25, -0.2) is 0 Å². The van der Waals surface area contributed by atoms with E-state index in [2.05, 4.69) is 10.1 Å². The fraction of sp³-hybridized carbons (Fsp3) is 0.500. The summed E-state index contributed by atoms with van der Waals surface area (Å²) in [5, 5.41) is 6.19. The zero-order valence-electron chi connectivity index (χ0n) is 11.5. The maximum absolute atomic E-state index is 5.91. The van der Waals surface area contributed by atoms with Gasteiger partial charge in [0.25, 0.3) is 0 Å². The van der Waals surface area contributed by atoms with Gasteiger partial charge >= 0.3 is 0 Å². The number of nitrogens with two attached hydrogens (primary N) is 1. The molecule has 1 aliphatic rings. The van der Waals surface area contributed by atoms with Crippen LogP contribution >= 0.6 is 11.3 Å². The van der Waals surface area contributed by atoms with E-state index in [9.17, 15) is 0 Å². The Labute approximate surface area is 122 Å². The third kappa shape index (κ3) is 3.09. The summed E-state index contributed by atoms with van der Waals surface area (Å²) in [5.74, 6) is 0.840. The van der Waals surface area contributed by atoms with Gasteiger partial charge in [-0.15, -0.1) is 11.3 Å². The SMILES string of the molecule is CC(N)C1CN(Cc2cc(-c3cccs3)on2)CCO1. The lowest BCUT2D eigenvalue weighted by Gasteiger charge is -2.34. The molecule has 0 aromatic carbocycles. The first-order chi connectivity index (χ1) is 9.72. The van der Waals surface area contributed by atoms with E-state index < -0.39 is 0 Å². The standard InChI is InChI=1S/C14H19N3O2S/c1-10(15)13-9-17(4-5-18-13)8-11-7-12(19-16-11)14-3-2-6-20-14/h2-3,6-7,10,13H,4-5,8-9,15H2,1H3. The van der Waals surface area contributed by atoms with Gasteiger partial charge in [-0.2, -0.15) is 0 Å². The van der Waals surface area contributed by atoms with Gasteiger partial charge in [0.2, 0.25) is 0 Å². The topological polar surface area (TPSA) is 64.5 Å². The molecule has 6 heteroatoms. The van der Waals surface area contributed by atoms with E-state index >= 15 is 0 Å². The summed E-state index contributed by atoms with van der Waals surface area (Å²) in [7, 11) is 0. The van der Waals surface area contributed by atoms with Crippen molar-refractivity contribution in [2.75, 3.05) is 19.7 Å². The highest BCUT2D eigenvalue weighted by Crippen LogP contribution is 2.25. The summed E-state index contributed by atoms with van der Waals surface area (Å²) in [6, 6.07) is 6.12. The maximum atomic E-state index is 5.91. The number of morpholine rings is 1. The average molecular weight is 293 g/mol. The molecule has 5 nitrogen and oxygen atoms in total. The lowest BCUT2D eigenvalue weighted by Crippen LogP contribution is -2.49. The Morgan fingerprint density at radius 2 is 2.50 bits per heavy atom. The van der Waals surface area contributed by atoms with Crippen LogP contribution in [-0.4, -0.2) is 41.9 Å². The highest BCUT2D eigenvalue weighted by molar-refractivity contribution is 7.13. The van der Waals surface area contributed by atoms with Crippen LogP contribution in [0.5, 0.6) is 0 Å². The van der Waals surface area contributed by atoms with Crippen LogP contribution in [0.2, 0.25) is 0 Å². The molecule has 2 aromatic rings. The molecule has 0 saturated carbocycles. The van der Waals surface area contributed by atoms with Crippen molar-refractivity contribution in [1.29, 1.82) is 0 Å². The first-order valence-electron chi connectivity index (χ1n) is 6.81. The number of rotatable bonds is 4. The molecule has 1 saturated heterocycles. The second kappa shape index (κ2) is 6.05. The predicted molar refractivity (Wildman–Crippen MR) is 78.5 cm³/mol. The number of hydrogen-bond donors (Lipinski definition) is 1. The van der Waals surface area contributed by atoms with E-state index in [1.165, 1.54) is 0 Å². The molecule has 0 aliphatic carbocycles. The number of thiophene rings is 1. The molecule has 20 heavy (non-hydrogen) atoms. The number of ether oxygens (including phenoxy) is 1. The van der Waals surface area contributed by atoms with E-state index in [0.717, 1.165) is 42.6 Å². The second-order valence-corrected chi connectivity index (χ2v) is 6.11. The highest BCUT2D eigenvalue weighted by Gasteiger charge is 2.24. The minimum absolute atomic E-state index is 0.0526. The Kier molecular flexibility index (Phi) is 4.16. The lowest BCUT2D eigenvalue weighted by atomic mass is 10.1. The molecular formula is C14H19N3O2S. The van der Waals surface area contributed by atoms with Crippen molar-refractivity contribution >= 4 is 11.3 Å². The molecule has 2 N–H and O–H groups in total. The van der Waals surface area contributed by atoms with Gasteiger partial charge < -0.3 is 15.0 Å². The molecule has 3 rings (SSSR count).